The number of hydrogen-bond acceptors (Lipinski definition) is 6. The van der Waals surface area contributed by atoms with Crippen LogP contribution in [0, 0.1) is 21.7 Å². The van der Waals surface area contributed by atoms with Gasteiger partial charge >= 0.3 is 5.97 Å². The highest BCUT2D eigenvalue weighted by Crippen LogP contribution is 2.28. The Balaban J connectivity index is 1.99. The fourth-order valence-electron chi connectivity index (χ4n) is 1.95. The molecule has 2 aromatic rings. The van der Waals surface area contributed by atoms with Crippen molar-refractivity contribution in [2.24, 2.45) is 0 Å². The van der Waals surface area contributed by atoms with Crippen LogP contribution in [0.3, 0.4) is 0 Å². The normalized spacial score (nSPS) is 10.3. The van der Waals surface area contributed by atoms with E-state index in [0.717, 1.165) is 36.0 Å². The molecular weight excluding hydrogens is 370 g/mol. The Labute approximate surface area is 150 Å². The summed E-state index contributed by atoms with van der Waals surface area (Å²) in [6.45, 7) is -0.699. The van der Waals surface area contributed by atoms with E-state index in [9.17, 15) is 28.5 Å². The second-order valence-electron chi connectivity index (χ2n) is 4.90. The first kappa shape index (κ1) is 19.3. The standard InChI is InChI=1S/C16H12F2N2O5S/c1-26-14-5-2-9(6-13(14)20(23)24)16(22)25-8-15(21)19-10-3-4-11(17)12(18)7-10/h2-7H,8H2,1H3,(H,19,21). The molecule has 1 amide bonds. The predicted octanol–water partition coefficient (Wildman–Crippen LogP) is 3.39. The minimum atomic E-state index is -1.14. The Morgan fingerprint density at radius 2 is 1.92 bits per heavy atom. The molecule has 0 aliphatic heterocycles. The summed E-state index contributed by atoms with van der Waals surface area (Å²) in [5.74, 6) is -3.91. The van der Waals surface area contributed by atoms with Gasteiger partial charge in [-0.3, -0.25) is 14.9 Å². The SMILES string of the molecule is CSc1ccc(C(=O)OCC(=O)Nc2ccc(F)c(F)c2)cc1[N+](=O)[O-]. The molecule has 0 fully saturated rings. The number of halogens is 2. The fourth-order valence-corrected chi connectivity index (χ4v) is 2.49. The zero-order chi connectivity index (χ0) is 19.3. The molecule has 0 heterocycles. The van der Waals surface area contributed by atoms with Crippen LogP contribution in [0.15, 0.2) is 41.3 Å². The number of thioether (sulfide) groups is 1. The van der Waals surface area contributed by atoms with Crippen molar-refractivity contribution in [3.05, 3.63) is 63.7 Å². The molecule has 0 atom stereocenters. The van der Waals surface area contributed by atoms with Gasteiger partial charge in [0.05, 0.1) is 15.4 Å². The number of carbonyl (C=O) groups is 2. The molecule has 7 nitrogen and oxygen atoms in total. The molecule has 2 aromatic carbocycles. The highest BCUT2D eigenvalue weighted by Gasteiger charge is 2.18. The number of carbonyl (C=O) groups excluding carboxylic acids is 2. The number of esters is 1. The van der Waals surface area contributed by atoms with Gasteiger partial charge in [-0.2, -0.15) is 0 Å². The molecule has 0 saturated carbocycles. The fraction of sp³-hybridized carbons (Fsp3) is 0.125. The van der Waals surface area contributed by atoms with Gasteiger partial charge in [0.2, 0.25) is 0 Å². The quantitative estimate of drug-likeness (QED) is 0.356. The Bertz CT molecular complexity index is 876. The lowest BCUT2D eigenvalue weighted by molar-refractivity contribution is -0.387. The van der Waals surface area contributed by atoms with Crippen molar-refractivity contribution in [3.8, 4) is 0 Å². The van der Waals surface area contributed by atoms with E-state index in [1.165, 1.54) is 12.1 Å². The van der Waals surface area contributed by atoms with E-state index in [0.29, 0.717) is 4.90 Å². The monoisotopic (exact) mass is 382 g/mol. The summed E-state index contributed by atoms with van der Waals surface area (Å²) in [6, 6.07) is 6.56. The molecule has 0 bridgehead atoms. The van der Waals surface area contributed by atoms with Crippen molar-refractivity contribution >= 4 is 35.0 Å². The highest BCUT2D eigenvalue weighted by atomic mass is 32.2. The average Bonchev–Trinajstić information content (AvgIpc) is 2.62. The summed E-state index contributed by atoms with van der Waals surface area (Å²) in [7, 11) is 0. The molecule has 0 radical (unpaired) electrons. The number of anilines is 1. The maximum absolute atomic E-state index is 13.1. The smallest absolute Gasteiger partial charge is 0.338 e. The average molecular weight is 382 g/mol. The molecule has 0 aliphatic carbocycles. The Kier molecular flexibility index (Phi) is 6.23. The highest BCUT2D eigenvalue weighted by molar-refractivity contribution is 7.98. The predicted molar refractivity (Wildman–Crippen MR) is 90.1 cm³/mol. The maximum Gasteiger partial charge on any atom is 0.338 e. The minimum absolute atomic E-state index is 0.00934. The number of nitro benzene ring substituents is 1. The van der Waals surface area contributed by atoms with Crippen molar-refractivity contribution < 1.29 is 28.0 Å². The molecule has 0 unspecified atom stereocenters. The van der Waals surface area contributed by atoms with Crippen LogP contribution in [-0.2, 0) is 9.53 Å². The van der Waals surface area contributed by atoms with Gasteiger partial charge in [0.1, 0.15) is 0 Å². The Morgan fingerprint density at radius 1 is 1.19 bits per heavy atom. The van der Waals surface area contributed by atoms with E-state index in [4.69, 9.17) is 4.74 Å². The van der Waals surface area contributed by atoms with Crippen LogP contribution in [0.4, 0.5) is 20.2 Å². The topological polar surface area (TPSA) is 98.5 Å². The van der Waals surface area contributed by atoms with Gasteiger partial charge in [-0.25, -0.2) is 13.6 Å². The van der Waals surface area contributed by atoms with E-state index < -0.39 is 35.0 Å². The third kappa shape index (κ3) is 4.76. The molecule has 10 heteroatoms. The van der Waals surface area contributed by atoms with E-state index in [1.54, 1.807) is 6.26 Å². The number of benzene rings is 2. The number of nitrogens with one attached hydrogen (secondary N) is 1. The molecule has 2 rings (SSSR count). The summed E-state index contributed by atoms with van der Waals surface area (Å²) in [4.78, 5) is 34.4. The zero-order valence-corrected chi connectivity index (χ0v) is 14.1. The number of nitrogens with zero attached hydrogens (tertiary/aromatic N) is 1. The number of nitro groups is 1. The number of amides is 1. The summed E-state index contributed by atoms with van der Waals surface area (Å²) in [5.41, 5.74) is -0.349. The third-order valence-corrected chi connectivity index (χ3v) is 3.93. The van der Waals surface area contributed by atoms with Gasteiger partial charge in [-0.05, 0) is 30.5 Å². The van der Waals surface area contributed by atoms with Crippen molar-refractivity contribution in [2.75, 3.05) is 18.2 Å². The second-order valence-corrected chi connectivity index (χ2v) is 5.75. The zero-order valence-electron chi connectivity index (χ0n) is 13.3. The van der Waals surface area contributed by atoms with Gasteiger partial charge in [-0.15, -0.1) is 11.8 Å². The van der Waals surface area contributed by atoms with Crippen molar-refractivity contribution in [3.63, 3.8) is 0 Å². The largest absolute Gasteiger partial charge is 0.452 e. The molecule has 1 N–H and O–H groups in total. The van der Waals surface area contributed by atoms with E-state index >= 15 is 0 Å². The van der Waals surface area contributed by atoms with E-state index in [2.05, 4.69) is 5.32 Å². The molecular formula is C16H12F2N2O5S. The van der Waals surface area contributed by atoms with Crippen LogP contribution in [-0.4, -0.2) is 29.7 Å². The first-order chi connectivity index (χ1) is 12.3. The molecule has 136 valence electrons. The van der Waals surface area contributed by atoms with E-state index in [1.807, 2.05) is 0 Å². The van der Waals surface area contributed by atoms with Crippen LogP contribution in [0.1, 0.15) is 10.4 Å². The second kappa shape index (κ2) is 8.39. The van der Waals surface area contributed by atoms with Gasteiger partial charge in [0.15, 0.2) is 18.2 Å². The van der Waals surface area contributed by atoms with Gasteiger partial charge in [-0.1, -0.05) is 0 Å². The van der Waals surface area contributed by atoms with Crippen LogP contribution in [0.25, 0.3) is 0 Å². The van der Waals surface area contributed by atoms with Gasteiger partial charge in [0.25, 0.3) is 11.6 Å². The summed E-state index contributed by atoms with van der Waals surface area (Å²) in [6.07, 6.45) is 1.66. The van der Waals surface area contributed by atoms with Crippen molar-refractivity contribution in [2.45, 2.75) is 4.90 Å². The van der Waals surface area contributed by atoms with Gasteiger partial charge in [0, 0.05) is 17.8 Å². The molecule has 0 saturated heterocycles. The summed E-state index contributed by atoms with van der Waals surface area (Å²) < 4.78 is 30.7. The maximum atomic E-state index is 13.1. The third-order valence-electron chi connectivity index (χ3n) is 3.15. The summed E-state index contributed by atoms with van der Waals surface area (Å²) >= 11 is 1.15. The van der Waals surface area contributed by atoms with Gasteiger partial charge < -0.3 is 10.1 Å². The molecule has 0 spiro atoms. The minimum Gasteiger partial charge on any atom is -0.452 e. The first-order valence-corrected chi connectivity index (χ1v) is 8.28. The first-order valence-electron chi connectivity index (χ1n) is 7.06. The Morgan fingerprint density at radius 3 is 2.54 bits per heavy atom. The van der Waals surface area contributed by atoms with E-state index in [-0.39, 0.29) is 16.9 Å². The molecule has 0 aliphatic rings. The molecule has 26 heavy (non-hydrogen) atoms. The number of rotatable bonds is 6. The number of hydrogen-bond donors (Lipinski definition) is 1. The van der Waals surface area contributed by atoms with Crippen molar-refractivity contribution in [1.82, 2.24) is 0 Å². The van der Waals surface area contributed by atoms with Crippen LogP contribution >= 0.6 is 11.8 Å². The lowest BCUT2D eigenvalue weighted by Crippen LogP contribution is -2.21. The lowest BCUT2D eigenvalue weighted by Gasteiger charge is -2.07. The van der Waals surface area contributed by atoms with Crippen molar-refractivity contribution in [1.29, 1.82) is 0 Å². The Hall–Kier alpha value is -3.01. The lowest BCUT2D eigenvalue weighted by atomic mass is 10.2. The van der Waals surface area contributed by atoms with Crippen LogP contribution in [0.5, 0.6) is 0 Å². The van der Waals surface area contributed by atoms with Crippen LogP contribution in [0.2, 0.25) is 0 Å². The van der Waals surface area contributed by atoms with Crippen LogP contribution < -0.4 is 5.32 Å². The number of ether oxygens (including phenoxy) is 1. The summed E-state index contributed by atoms with van der Waals surface area (Å²) in [5, 5.41) is 13.2. The molecule has 0 aromatic heterocycles.